The molecule has 0 unspecified atom stereocenters. The third kappa shape index (κ3) is 6.35. The summed E-state index contributed by atoms with van der Waals surface area (Å²) in [7, 11) is 0. The second kappa shape index (κ2) is 11.3. The van der Waals surface area contributed by atoms with Gasteiger partial charge in [0.25, 0.3) is 0 Å². The summed E-state index contributed by atoms with van der Waals surface area (Å²) in [6.45, 7) is 5.32. The Morgan fingerprint density at radius 3 is 2.09 bits per heavy atom. The maximum atomic E-state index is 12.9. The first-order chi connectivity index (χ1) is 16.1. The molecule has 2 saturated heterocycles. The third-order valence-corrected chi connectivity index (χ3v) is 6.82. The van der Waals surface area contributed by atoms with Gasteiger partial charge in [-0.25, -0.2) is 0 Å². The summed E-state index contributed by atoms with van der Waals surface area (Å²) in [5, 5.41) is 3.01. The van der Waals surface area contributed by atoms with E-state index in [9.17, 15) is 9.59 Å². The molecule has 6 nitrogen and oxygen atoms in total. The van der Waals surface area contributed by atoms with Crippen LogP contribution in [0, 0.1) is 5.92 Å². The van der Waals surface area contributed by atoms with Crippen molar-refractivity contribution in [3.05, 3.63) is 54.6 Å². The molecule has 1 atom stereocenters. The van der Waals surface area contributed by atoms with Crippen molar-refractivity contribution < 1.29 is 14.3 Å². The number of benzene rings is 2. The zero-order chi connectivity index (χ0) is 23.0. The highest BCUT2D eigenvalue weighted by atomic mass is 16.5. The second-order valence-electron chi connectivity index (χ2n) is 9.15. The van der Waals surface area contributed by atoms with Crippen molar-refractivity contribution in [3.8, 4) is 11.5 Å². The van der Waals surface area contributed by atoms with Crippen molar-refractivity contribution in [2.75, 3.05) is 31.5 Å². The summed E-state index contributed by atoms with van der Waals surface area (Å²) in [5.41, 5.74) is 0.749. The van der Waals surface area contributed by atoms with E-state index in [4.69, 9.17) is 4.74 Å². The molecule has 0 aromatic heterocycles. The Kier molecular flexibility index (Phi) is 8.00. The van der Waals surface area contributed by atoms with E-state index in [0.29, 0.717) is 5.91 Å². The second-order valence-corrected chi connectivity index (χ2v) is 9.15. The molecule has 176 valence electrons. The number of rotatable bonds is 6. The van der Waals surface area contributed by atoms with Gasteiger partial charge in [-0.15, -0.1) is 0 Å². The van der Waals surface area contributed by atoms with Gasteiger partial charge in [-0.1, -0.05) is 31.0 Å². The first-order valence-electron chi connectivity index (χ1n) is 12.3. The molecule has 1 N–H and O–H groups in total. The van der Waals surface area contributed by atoms with E-state index < -0.39 is 0 Å². The van der Waals surface area contributed by atoms with Gasteiger partial charge >= 0.3 is 0 Å². The van der Waals surface area contributed by atoms with Crippen molar-refractivity contribution in [1.29, 1.82) is 0 Å². The van der Waals surface area contributed by atoms with E-state index in [0.717, 1.165) is 69.0 Å². The van der Waals surface area contributed by atoms with Gasteiger partial charge in [0.1, 0.15) is 11.5 Å². The van der Waals surface area contributed by atoms with Crippen LogP contribution in [0.15, 0.2) is 54.6 Å². The van der Waals surface area contributed by atoms with Gasteiger partial charge in [-0.3, -0.25) is 14.5 Å². The van der Waals surface area contributed by atoms with Crippen LogP contribution in [0.1, 0.15) is 45.4 Å². The van der Waals surface area contributed by atoms with Crippen LogP contribution >= 0.6 is 0 Å². The maximum Gasteiger partial charge on any atom is 0.241 e. The van der Waals surface area contributed by atoms with Gasteiger partial charge in [0.05, 0.1) is 6.04 Å². The van der Waals surface area contributed by atoms with Gasteiger partial charge in [-0.05, 0) is 82.1 Å². The number of carbonyl (C=O) groups excluding carboxylic acids is 2. The monoisotopic (exact) mass is 449 g/mol. The zero-order valence-corrected chi connectivity index (χ0v) is 19.5. The minimum Gasteiger partial charge on any atom is -0.457 e. The Morgan fingerprint density at radius 2 is 1.45 bits per heavy atom. The molecule has 33 heavy (non-hydrogen) atoms. The summed E-state index contributed by atoms with van der Waals surface area (Å²) < 4.78 is 5.81. The fourth-order valence-electron chi connectivity index (χ4n) is 4.73. The van der Waals surface area contributed by atoms with Crippen LogP contribution in [0.25, 0.3) is 0 Å². The van der Waals surface area contributed by atoms with Crippen LogP contribution in [-0.4, -0.2) is 53.8 Å². The Bertz CT molecular complexity index is 900. The van der Waals surface area contributed by atoms with Gasteiger partial charge in [0.2, 0.25) is 11.8 Å². The zero-order valence-electron chi connectivity index (χ0n) is 19.5. The molecule has 0 bridgehead atoms. The molecule has 6 heteroatoms. The SMILES string of the molecule is C[C@H](C(=O)Nc1ccc(Oc2ccccc2)cc1)N1CCC(C(=O)N2CCCCCC2)CC1. The number of anilines is 1. The van der Waals surface area contributed by atoms with Crippen molar-refractivity contribution in [2.24, 2.45) is 5.92 Å². The van der Waals surface area contributed by atoms with Crippen molar-refractivity contribution >= 4 is 17.5 Å². The molecule has 2 heterocycles. The Morgan fingerprint density at radius 1 is 0.848 bits per heavy atom. The van der Waals surface area contributed by atoms with E-state index in [1.165, 1.54) is 12.8 Å². The molecular weight excluding hydrogens is 414 g/mol. The third-order valence-electron chi connectivity index (χ3n) is 6.82. The molecular formula is C27H35N3O3. The smallest absolute Gasteiger partial charge is 0.241 e. The fourth-order valence-corrected chi connectivity index (χ4v) is 4.73. The lowest BCUT2D eigenvalue weighted by molar-refractivity contribution is -0.137. The Labute approximate surface area is 196 Å². The lowest BCUT2D eigenvalue weighted by atomic mass is 9.94. The average molecular weight is 450 g/mol. The standard InChI is InChI=1S/C27H35N3O3/c1-21(29-19-15-22(16-20-29)27(32)30-17-7-2-3-8-18-30)26(31)28-23-11-13-25(14-12-23)33-24-9-5-4-6-10-24/h4-6,9-14,21-22H,2-3,7-8,15-20H2,1H3,(H,28,31)/t21-/m1/s1. The predicted molar refractivity (Wildman–Crippen MR) is 130 cm³/mol. The number of nitrogens with one attached hydrogen (secondary N) is 1. The number of piperidine rings is 1. The highest BCUT2D eigenvalue weighted by molar-refractivity contribution is 5.94. The summed E-state index contributed by atoms with van der Waals surface area (Å²) in [5.74, 6) is 1.91. The van der Waals surface area contributed by atoms with Crippen LogP contribution < -0.4 is 10.1 Å². The number of carbonyl (C=O) groups is 2. The summed E-state index contributed by atoms with van der Waals surface area (Å²) in [4.78, 5) is 30.0. The van der Waals surface area contributed by atoms with Crippen molar-refractivity contribution in [3.63, 3.8) is 0 Å². The fraction of sp³-hybridized carbons (Fsp3) is 0.481. The van der Waals surface area contributed by atoms with E-state index in [-0.39, 0.29) is 17.9 Å². The van der Waals surface area contributed by atoms with Crippen LogP contribution in [-0.2, 0) is 9.59 Å². The first kappa shape index (κ1) is 23.3. The molecule has 0 aliphatic carbocycles. The molecule has 2 aliphatic rings. The van der Waals surface area contributed by atoms with Crippen LogP contribution in [0.2, 0.25) is 0 Å². The lowest BCUT2D eigenvalue weighted by Gasteiger charge is -2.36. The number of hydrogen-bond acceptors (Lipinski definition) is 4. The predicted octanol–water partition coefficient (Wildman–Crippen LogP) is 4.92. The molecule has 2 fully saturated rings. The van der Waals surface area contributed by atoms with E-state index in [1.54, 1.807) is 0 Å². The maximum absolute atomic E-state index is 12.9. The number of hydrogen-bond donors (Lipinski definition) is 1. The minimum absolute atomic E-state index is 0.0241. The van der Waals surface area contributed by atoms with Crippen LogP contribution in [0.4, 0.5) is 5.69 Å². The normalized spacial score (nSPS) is 18.9. The molecule has 2 amide bonds. The summed E-state index contributed by atoms with van der Waals surface area (Å²) >= 11 is 0. The van der Waals surface area contributed by atoms with Gasteiger partial charge in [0, 0.05) is 24.7 Å². The lowest BCUT2D eigenvalue weighted by Crippen LogP contribution is -2.48. The Balaban J connectivity index is 1.24. The van der Waals surface area contributed by atoms with Gasteiger partial charge in [0.15, 0.2) is 0 Å². The molecule has 0 saturated carbocycles. The molecule has 4 rings (SSSR count). The molecule has 0 radical (unpaired) electrons. The highest BCUT2D eigenvalue weighted by Gasteiger charge is 2.32. The molecule has 2 aromatic carbocycles. The van der Waals surface area contributed by atoms with E-state index in [2.05, 4.69) is 15.1 Å². The number of para-hydroxylation sites is 1. The first-order valence-corrected chi connectivity index (χ1v) is 12.3. The number of nitrogens with zero attached hydrogens (tertiary/aromatic N) is 2. The highest BCUT2D eigenvalue weighted by Crippen LogP contribution is 2.25. The molecule has 2 aromatic rings. The minimum atomic E-state index is -0.237. The number of likely N-dealkylation sites (tertiary alicyclic amines) is 2. The average Bonchev–Trinajstić information content (AvgIpc) is 3.15. The van der Waals surface area contributed by atoms with Gasteiger partial charge < -0.3 is 15.0 Å². The van der Waals surface area contributed by atoms with Crippen molar-refractivity contribution in [2.45, 2.75) is 51.5 Å². The van der Waals surface area contributed by atoms with E-state index in [1.807, 2.05) is 61.5 Å². The molecule has 2 aliphatic heterocycles. The largest absolute Gasteiger partial charge is 0.457 e. The van der Waals surface area contributed by atoms with Crippen LogP contribution in [0.3, 0.4) is 0 Å². The quantitative estimate of drug-likeness (QED) is 0.680. The van der Waals surface area contributed by atoms with E-state index >= 15 is 0 Å². The summed E-state index contributed by atoms with van der Waals surface area (Å²) in [6, 6.07) is 16.8. The summed E-state index contributed by atoms with van der Waals surface area (Å²) in [6.07, 6.45) is 6.38. The van der Waals surface area contributed by atoms with Crippen LogP contribution in [0.5, 0.6) is 11.5 Å². The molecule has 0 spiro atoms. The topological polar surface area (TPSA) is 61.9 Å². The number of ether oxygens (including phenoxy) is 1. The number of amides is 2. The Hall–Kier alpha value is -2.86. The van der Waals surface area contributed by atoms with Crippen molar-refractivity contribution in [1.82, 2.24) is 9.80 Å². The van der Waals surface area contributed by atoms with Gasteiger partial charge in [-0.2, -0.15) is 0 Å².